The van der Waals surface area contributed by atoms with Crippen LogP contribution in [0.2, 0.25) is 0 Å². The summed E-state index contributed by atoms with van der Waals surface area (Å²) in [5, 5.41) is 0. The van der Waals surface area contributed by atoms with E-state index in [-0.39, 0.29) is 0 Å². The van der Waals surface area contributed by atoms with Gasteiger partial charge in [0.15, 0.2) is 0 Å². The van der Waals surface area contributed by atoms with Crippen LogP contribution in [0, 0.1) is 0 Å². The van der Waals surface area contributed by atoms with Crippen molar-refractivity contribution in [3.63, 3.8) is 0 Å². The second kappa shape index (κ2) is 9.48. The molecule has 0 saturated carbocycles. The van der Waals surface area contributed by atoms with Crippen molar-refractivity contribution in [1.82, 2.24) is 0 Å². The summed E-state index contributed by atoms with van der Waals surface area (Å²) in [5.41, 5.74) is 2.50. The van der Waals surface area contributed by atoms with Crippen molar-refractivity contribution in [3.8, 4) is 0 Å². The fourth-order valence-corrected chi connectivity index (χ4v) is 1.80. The van der Waals surface area contributed by atoms with Gasteiger partial charge in [-0.15, -0.1) is 0 Å². The Labute approximate surface area is 127 Å². The van der Waals surface area contributed by atoms with Crippen LogP contribution in [0.5, 0.6) is 0 Å². The van der Waals surface area contributed by atoms with Gasteiger partial charge in [-0.3, -0.25) is 0 Å². The maximum atomic E-state index is 5.13. The van der Waals surface area contributed by atoms with Gasteiger partial charge >= 0.3 is 7.69 Å². The number of rotatable bonds is 8. The van der Waals surface area contributed by atoms with E-state index in [0.29, 0.717) is 0 Å². The second-order valence-electron chi connectivity index (χ2n) is 4.49. The summed E-state index contributed by atoms with van der Waals surface area (Å²) in [5.74, 6) is 0. The SMILES string of the molecule is [B](OC=CCc1ccccc1)OC=CCc1ccccc1. The molecule has 21 heavy (non-hydrogen) atoms. The monoisotopic (exact) mass is 277 g/mol. The van der Waals surface area contributed by atoms with Crippen LogP contribution < -0.4 is 0 Å². The van der Waals surface area contributed by atoms with Crippen LogP contribution in [0.4, 0.5) is 0 Å². The van der Waals surface area contributed by atoms with Gasteiger partial charge in [0, 0.05) is 0 Å². The van der Waals surface area contributed by atoms with E-state index < -0.39 is 0 Å². The van der Waals surface area contributed by atoms with E-state index in [2.05, 4.69) is 24.3 Å². The fraction of sp³-hybridized carbons (Fsp3) is 0.111. The molecule has 0 aliphatic rings. The maximum absolute atomic E-state index is 5.13. The van der Waals surface area contributed by atoms with Crippen LogP contribution in [-0.4, -0.2) is 7.69 Å². The normalized spacial score (nSPS) is 10.9. The Kier molecular flexibility index (Phi) is 6.77. The third-order valence-corrected chi connectivity index (χ3v) is 2.85. The Hall–Kier alpha value is -2.42. The van der Waals surface area contributed by atoms with Crippen molar-refractivity contribution in [3.05, 3.63) is 96.5 Å². The summed E-state index contributed by atoms with van der Waals surface area (Å²) >= 11 is 0. The number of allylic oxidation sites excluding steroid dienone is 2. The molecule has 0 atom stereocenters. The lowest BCUT2D eigenvalue weighted by Crippen LogP contribution is -1.94. The summed E-state index contributed by atoms with van der Waals surface area (Å²) in [7, 11) is 1.31. The van der Waals surface area contributed by atoms with Crippen LogP contribution in [0.3, 0.4) is 0 Å². The molecule has 0 fully saturated rings. The highest BCUT2D eigenvalue weighted by atomic mass is 16.6. The lowest BCUT2D eigenvalue weighted by molar-refractivity contribution is 0.374. The van der Waals surface area contributed by atoms with Gasteiger partial charge in [0.2, 0.25) is 0 Å². The predicted octanol–water partition coefficient (Wildman–Crippen LogP) is 4.07. The van der Waals surface area contributed by atoms with Gasteiger partial charge in [-0.2, -0.15) is 0 Å². The zero-order valence-corrected chi connectivity index (χ0v) is 11.9. The Morgan fingerprint density at radius 3 is 1.52 bits per heavy atom. The highest BCUT2D eigenvalue weighted by Gasteiger charge is 1.91. The van der Waals surface area contributed by atoms with Gasteiger partial charge in [0.1, 0.15) is 0 Å². The first-order valence-corrected chi connectivity index (χ1v) is 6.95. The molecule has 0 aliphatic heterocycles. The molecule has 0 aromatic heterocycles. The zero-order chi connectivity index (χ0) is 14.6. The first-order chi connectivity index (χ1) is 10.4. The van der Waals surface area contributed by atoms with Gasteiger partial charge in [0.25, 0.3) is 0 Å². The summed E-state index contributed by atoms with van der Waals surface area (Å²) in [4.78, 5) is 0. The first kappa shape index (κ1) is 15.0. The summed E-state index contributed by atoms with van der Waals surface area (Å²) in [6.45, 7) is 0. The smallest absolute Gasteiger partial charge is 0.533 e. The molecule has 2 nitrogen and oxygen atoms in total. The van der Waals surface area contributed by atoms with Gasteiger partial charge in [-0.1, -0.05) is 60.7 Å². The van der Waals surface area contributed by atoms with E-state index in [4.69, 9.17) is 9.31 Å². The fourth-order valence-electron chi connectivity index (χ4n) is 1.80. The number of hydrogen-bond donors (Lipinski definition) is 0. The molecular formula is C18H18BO2. The largest absolute Gasteiger partial charge is 0.657 e. The highest BCUT2D eigenvalue weighted by molar-refractivity contribution is 6.18. The summed E-state index contributed by atoms with van der Waals surface area (Å²) < 4.78 is 10.3. The minimum Gasteiger partial charge on any atom is -0.533 e. The van der Waals surface area contributed by atoms with Crippen molar-refractivity contribution in [2.24, 2.45) is 0 Å². The maximum Gasteiger partial charge on any atom is 0.657 e. The van der Waals surface area contributed by atoms with Crippen LogP contribution in [-0.2, 0) is 22.2 Å². The molecule has 0 N–H and O–H groups in total. The van der Waals surface area contributed by atoms with Crippen LogP contribution in [0.25, 0.3) is 0 Å². The van der Waals surface area contributed by atoms with Crippen molar-refractivity contribution < 1.29 is 9.31 Å². The molecule has 0 heterocycles. The third kappa shape index (κ3) is 6.53. The Morgan fingerprint density at radius 2 is 1.10 bits per heavy atom. The van der Waals surface area contributed by atoms with E-state index in [0.717, 1.165) is 12.8 Å². The van der Waals surface area contributed by atoms with Crippen LogP contribution >= 0.6 is 0 Å². The van der Waals surface area contributed by atoms with E-state index in [1.54, 1.807) is 12.5 Å². The molecule has 105 valence electrons. The molecule has 2 aromatic carbocycles. The lowest BCUT2D eigenvalue weighted by atomic mass is 10.1. The average molecular weight is 277 g/mol. The van der Waals surface area contributed by atoms with Crippen molar-refractivity contribution in [1.29, 1.82) is 0 Å². The Bertz CT molecular complexity index is 498. The van der Waals surface area contributed by atoms with E-state index >= 15 is 0 Å². The minimum absolute atomic E-state index is 0.846. The summed E-state index contributed by atoms with van der Waals surface area (Å²) in [6.07, 6.45) is 8.83. The molecule has 0 aliphatic carbocycles. The van der Waals surface area contributed by atoms with Gasteiger partial charge in [-0.25, -0.2) is 0 Å². The molecule has 0 amide bonds. The lowest BCUT2D eigenvalue weighted by Gasteiger charge is -1.98. The van der Waals surface area contributed by atoms with E-state index in [9.17, 15) is 0 Å². The average Bonchev–Trinajstić information content (AvgIpc) is 2.55. The predicted molar refractivity (Wildman–Crippen MR) is 86.5 cm³/mol. The second-order valence-corrected chi connectivity index (χ2v) is 4.49. The molecule has 1 radical (unpaired) electrons. The molecule has 0 saturated heterocycles. The van der Waals surface area contributed by atoms with Gasteiger partial charge < -0.3 is 9.31 Å². The van der Waals surface area contributed by atoms with Gasteiger partial charge in [0.05, 0.1) is 12.5 Å². The third-order valence-electron chi connectivity index (χ3n) is 2.85. The van der Waals surface area contributed by atoms with Crippen molar-refractivity contribution in [2.45, 2.75) is 12.8 Å². The van der Waals surface area contributed by atoms with Gasteiger partial charge in [-0.05, 0) is 36.1 Å². The van der Waals surface area contributed by atoms with E-state index in [1.165, 1.54) is 18.8 Å². The Morgan fingerprint density at radius 1 is 0.667 bits per heavy atom. The van der Waals surface area contributed by atoms with Crippen LogP contribution in [0.15, 0.2) is 85.3 Å². The minimum atomic E-state index is 0.846. The number of hydrogen-bond acceptors (Lipinski definition) is 2. The van der Waals surface area contributed by atoms with Crippen LogP contribution in [0.1, 0.15) is 11.1 Å². The molecule has 0 spiro atoms. The van der Waals surface area contributed by atoms with Crippen molar-refractivity contribution >= 4 is 7.69 Å². The quantitative estimate of drug-likeness (QED) is 0.411. The molecule has 0 bridgehead atoms. The number of benzene rings is 2. The van der Waals surface area contributed by atoms with E-state index in [1.807, 2.05) is 48.6 Å². The highest BCUT2D eigenvalue weighted by Crippen LogP contribution is 2.01. The van der Waals surface area contributed by atoms with Crippen molar-refractivity contribution in [2.75, 3.05) is 0 Å². The summed E-state index contributed by atoms with van der Waals surface area (Å²) in [6, 6.07) is 20.4. The molecule has 3 heteroatoms. The first-order valence-electron chi connectivity index (χ1n) is 6.95. The molecule has 2 aromatic rings. The molecular weight excluding hydrogens is 259 g/mol. The standard InChI is InChI=1S/C18H18BO2/c1-3-9-17(10-4-1)13-7-15-20-19-21-16-8-14-18-11-5-2-6-12-18/h1-12,15-16H,13-14H2. The molecule has 0 unspecified atom stereocenters. The zero-order valence-electron chi connectivity index (χ0n) is 11.9. The Balaban J connectivity index is 1.54. The molecule has 2 rings (SSSR count). The topological polar surface area (TPSA) is 18.5 Å².